The Morgan fingerprint density at radius 3 is 1.98 bits per heavy atom. The normalized spacial score (nSPS) is 12.6. The number of benzene rings is 1. The Kier molecular flexibility index (Phi) is 12.0. The zero-order valence-electron chi connectivity index (χ0n) is 22.1. The summed E-state index contributed by atoms with van der Waals surface area (Å²) < 4.78 is 9.66. The molecular weight excluding hydrogens is 585 g/mol. The van der Waals surface area contributed by atoms with E-state index in [2.05, 4.69) is 20.3 Å². The van der Waals surface area contributed by atoms with Gasteiger partial charge in [-0.1, -0.05) is 29.8 Å². The van der Waals surface area contributed by atoms with Crippen LogP contribution < -0.4 is 28.3 Å². The van der Waals surface area contributed by atoms with Gasteiger partial charge >= 0.3 is 17.8 Å². The summed E-state index contributed by atoms with van der Waals surface area (Å²) in [6.07, 6.45) is 0. The van der Waals surface area contributed by atoms with Crippen LogP contribution in [-0.4, -0.2) is 52.9 Å². The van der Waals surface area contributed by atoms with Crippen LogP contribution in [0.4, 0.5) is 17.3 Å². The maximum atomic E-state index is 12.3. The number of aromatic nitrogens is 2. The van der Waals surface area contributed by atoms with E-state index in [1.807, 2.05) is 0 Å². The van der Waals surface area contributed by atoms with Gasteiger partial charge in [0.2, 0.25) is 0 Å². The molecule has 16 nitrogen and oxygen atoms in total. The average molecular weight is 612 g/mol. The van der Waals surface area contributed by atoms with Gasteiger partial charge in [-0.2, -0.15) is 4.99 Å². The second-order valence-corrected chi connectivity index (χ2v) is 8.27. The van der Waals surface area contributed by atoms with Crippen LogP contribution >= 0.6 is 24.0 Å². The number of methoxy groups -OCH3 is 2. The molecule has 0 bridgehead atoms. The topological polar surface area (TPSA) is 267 Å². The zero-order valence-corrected chi connectivity index (χ0v) is 23.7. The van der Waals surface area contributed by atoms with Gasteiger partial charge in [0.05, 0.1) is 36.2 Å². The first-order chi connectivity index (χ1) is 18.7. The van der Waals surface area contributed by atoms with Crippen LogP contribution in [-0.2, 0) is 19.1 Å². The first-order valence-corrected chi connectivity index (χ1v) is 11.4. The van der Waals surface area contributed by atoms with Crippen molar-refractivity contribution in [2.75, 3.05) is 25.7 Å². The number of nitrogens with one attached hydrogen (secondary N) is 1. The van der Waals surface area contributed by atoms with Crippen molar-refractivity contribution in [2.45, 2.75) is 19.8 Å². The molecule has 18 heteroatoms. The third-order valence-electron chi connectivity index (χ3n) is 5.35. The van der Waals surface area contributed by atoms with Crippen LogP contribution in [0.2, 0.25) is 5.15 Å². The van der Waals surface area contributed by atoms with Gasteiger partial charge in [0, 0.05) is 23.0 Å². The van der Waals surface area contributed by atoms with E-state index in [-0.39, 0.29) is 57.3 Å². The standard InChI is InChI=1S/C17H18N2O6.C6H8ClN7O.ClH/c1-9-13(16(20)24-3)15(14(10(2)18-9)17(21)25-4)11-7-5-6-8-12(11)19(22)23;7-2-4(9)13-3(8)1(12-2)5(15)14-6(10)11;/h5-8,15,18H,1-4H3;(H4,8,9,13)(H4,10,11,14,15);1H. The number of hydrogen-bond donors (Lipinski definition) is 5. The molecule has 2 aromatic rings. The first kappa shape index (κ1) is 34.1. The van der Waals surface area contributed by atoms with Crippen molar-refractivity contribution >= 4 is 65.1 Å². The molecule has 3 rings (SSSR count). The summed E-state index contributed by atoms with van der Waals surface area (Å²) in [4.78, 5) is 57.3. The van der Waals surface area contributed by atoms with E-state index in [9.17, 15) is 24.5 Å². The average Bonchev–Trinajstić information content (AvgIpc) is 2.89. The Morgan fingerprint density at radius 1 is 1.00 bits per heavy atom. The number of para-hydroxylation sites is 1. The quantitative estimate of drug-likeness (QED) is 0.105. The predicted octanol–water partition coefficient (Wildman–Crippen LogP) is 1.31. The molecule has 0 aliphatic carbocycles. The number of carbonyl (C=O) groups excluding carboxylic acids is 3. The number of nitro benzene ring substituents is 1. The number of rotatable bonds is 5. The van der Waals surface area contributed by atoms with Gasteiger partial charge in [-0.15, -0.1) is 12.4 Å². The van der Waals surface area contributed by atoms with Crippen molar-refractivity contribution in [1.82, 2.24) is 15.3 Å². The summed E-state index contributed by atoms with van der Waals surface area (Å²) in [7, 11) is 2.42. The van der Waals surface area contributed by atoms with E-state index in [0.717, 1.165) is 0 Å². The Balaban J connectivity index is 0.000000451. The van der Waals surface area contributed by atoms with Gasteiger partial charge in [0.1, 0.15) is 0 Å². The van der Waals surface area contributed by atoms with Crippen molar-refractivity contribution in [1.29, 1.82) is 0 Å². The number of ether oxygens (including phenoxy) is 2. The van der Waals surface area contributed by atoms with Crippen LogP contribution in [0.1, 0.15) is 35.8 Å². The fourth-order valence-electron chi connectivity index (χ4n) is 3.73. The van der Waals surface area contributed by atoms with Gasteiger partial charge in [0.15, 0.2) is 28.4 Å². The van der Waals surface area contributed by atoms with Gasteiger partial charge in [-0.05, 0) is 13.8 Å². The number of halogens is 2. The molecule has 2 heterocycles. The molecule has 0 fully saturated rings. The number of carbonyl (C=O) groups is 3. The van der Waals surface area contributed by atoms with Crippen molar-refractivity contribution < 1.29 is 28.8 Å². The molecule has 0 unspecified atom stereocenters. The number of guanidine groups is 1. The second kappa shape index (κ2) is 14.4. The van der Waals surface area contributed by atoms with Crippen LogP contribution in [0.15, 0.2) is 51.8 Å². The summed E-state index contributed by atoms with van der Waals surface area (Å²) in [5.74, 6) is -3.83. The molecular formula is C23H27Cl2N9O7. The number of dihydropyridines is 1. The number of nitrogen functional groups attached to an aromatic ring is 2. The predicted molar refractivity (Wildman–Crippen MR) is 152 cm³/mol. The number of allylic oxidation sites excluding steroid dienone is 2. The minimum atomic E-state index is -0.970. The number of nitrogens with two attached hydrogens (primary N) is 4. The van der Waals surface area contributed by atoms with Crippen LogP contribution in [0.3, 0.4) is 0 Å². The van der Waals surface area contributed by atoms with Crippen molar-refractivity contribution in [2.24, 2.45) is 16.5 Å². The number of aliphatic imine (C=N–C) groups is 1. The van der Waals surface area contributed by atoms with E-state index < -0.39 is 34.6 Å². The summed E-state index contributed by atoms with van der Waals surface area (Å²) >= 11 is 5.55. The molecule has 1 aromatic heterocycles. The van der Waals surface area contributed by atoms with E-state index in [1.165, 1.54) is 32.4 Å². The number of esters is 2. The third-order valence-corrected chi connectivity index (χ3v) is 5.63. The van der Waals surface area contributed by atoms with Crippen molar-refractivity contribution in [3.63, 3.8) is 0 Å². The monoisotopic (exact) mass is 611 g/mol. The van der Waals surface area contributed by atoms with Gasteiger partial charge in [-0.3, -0.25) is 14.9 Å². The lowest BCUT2D eigenvalue weighted by Gasteiger charge is -2.29. The summed E-state index contributed by atoms with van der Waals surface area (Å²) in [5.41, 5.74) is 21.7. The number of nitro groups is 1. The number of hydrogen-bond acceptors (Lipinski definition) is 12. The highest BCUT2D eigenvalue weighted by Crippen LogP contribution is 2.42. The maximum Gasteiger partial charge on any atom is 0.336 e. The lowest BCUT2D eigenvalue weighted by Crippen LogP contribution is -2.32. The largest absolute Gasteiger partial charge is 0.466 e. The first-order valence-electron chi connectivity index (χ1n) is 11.1. The Morgan fingerprint density at radius 2 is 1.51 bits per heavy atom. The fourth-order valence-corrected chi connectivity index (χ4v) is 3.86. The smallest absolute Gasteiger partial charge is 0.336 e. The molecule has 1 amide bonds. The summed E-state index contributed by atoms with van der Waals surface area (Å²) in [6.45, 7) is 3.29. The van der Waals surface area contributed by atoms with Gasteiger partial charge in [-0.25, -0.2) is 19.6 Å². The number of amides is 1. The molecule has 220 valence electrons. The SMILES string of the molecule is COC(=O)C1=C(C)NC(C)=C(C(=O)OC)C1c1ccccc1[N+](=O)[O-].Cl.NC(N)=NC(=O)c1nc(Cl)c(N)nc1N. The summed E-state index contributed by atoms with van der Waals surface area (Å²) in [5, 5.41) is 14.3. The van der Waals surface area contributed by atoms with Crippen LogP contribution in [0.25, 0.3) is 0 Å². The highest BCUT2D eigenvalue weighted by atomic mass is 35.5. The van der Waals surface area contributed by atoms with Crippen LogP contribution in [0, 0.1) is 10.1 Å². The fraction of sp³-hybridized carbons (Fsp3) is 0.217. The lowest BCUT2D eigenvalue weighted by atomic mass is 9.79. The van der Waals surface area contributed by atoms with E-state index in [0.29, 0.717) is 11.4 Å². The zero-order chi connectivity index (χ0) is 30.3. The Labute approximate surface area is 244 Å². The Hall–Kier alpha value is -4.96. The molecule has 0 saturated heterocycles. The minimum Gasteiger partial charge on any atom is -0.466 e. The summed E-state index contributed by atoms with van der Waals surface area (Å²) in [6, 6.07) is 5.97. The van der Waals surface area contributed by atoms with E-state index in [1.54, 1.807) is 19.9 Å². The molecule has 9 N–H and O–H groups in total. The second-order valence-electron chi connectivity index (χ2n) is 7.91. The van der Waals surface area contributed by atoms with Crippen LogP contribution in [0.5, 0.6) is 0 Å². The van der Waals surface area contributed by atoms with Crippen molar-refractivity contribution in [3.05, 3.63) is 73.3 Å². The van der Waals surface area contributed by atoms with E-state index >= 15 is 0 Å². The number of anilines is 2. The molecule has 41 heavy (non-hydrogen) atoms. The van der Waals surface area contributed by atoms with Gasteiger partial charge in [0.25, 0.3) is 5.69 Å². The van der Waals surface area contributed by atoms with Gasteiger partial charge < -0.3 is 37.7 Å². The molecule has 0 spiro atoms. The maximum absolute atomic E-state index is 12.3. The molecule has 1 aliphatic heterocycles. The van der Waals surface area contributed by atoms with E-state index in [4.69, 9.17) is 44.0 Å². The van der Waals surface area contributed by atoms with Crippen molar-refractivity contribution in [3.8, 4) is 0 Å². The molecule has 0 radical (unpaired) electrons. The molecule has 1 aromatic carbocycles. The molecule has 0 saturated carbocycles. The molecule has 1 aliphatic rings. The third kappa shape index (κ3) is 7.80. The Bertz CT molecular complexity index is 1430. The lowest BCUT2D eigenvalue weighted by molar-refractivity contribution is -0.385. The minimum absolute atomic E-state index is 0. The highest BCUT2D eigenvalue weighted by molar-refractivity contribution is 6.31. The number of nitrogens with zero attached hydrogens (tertiary/aromatic N) is 4. The molecule has 0 atom stereocenters. The highest BCUT2D eigenvalue weighted by Gasteiger charge is 2.40.